The van der Waals surface area contributed by atoms with Crippen molar-refractivity contribution in [2.75, 3.05) is 18.5 Å². The van der Waals surface area contributed by atoms with E-state index in [2.05, 4.69) is 10.6 Å². The molecule has 0 bridgehead atoms. The van der Waals surface area contributed by atoms with Gasteiger partial charge >= 0.3 is 5.97 Å². The highest BCUT2D eigenvalue weighted by Gasteiger charge is 2.14. The van der Waals surface area contributed by atoms with Crippen molar-refractivity contribution in [3.05, 3.63) is 58.7 Å². The van der Waals surface area contributed by atoms with E-state index < -0.39 is 12.6 Å². The molecule has 0 saturated heterocycles. The molecule has 0 fully saturated rings. The Hall–Kier alpha value is -3.35. The van der Waals surface area contributed by atoms with Gasteiger partial charge in [-0.15, -0.1) is 0 Å². The second-order valence-electron chi connectivity index (χ2n) is 6.41. The van der Waals surface area contributed by atoms with Crippen LogP contribution in [-0.2, 0) is 4.79 Å². The van der Waals surface area contributed by atoms with E-state index in [0.29, 0.717) is 40.2 Å². The number of anilines is 1. The number of carboxylic acid groups (broad SMARTS) is 1. The zero-order valence-corrected chi connectivity index (χ0v) is 16.2. The minimum Gasteiger partial charge on any atom is -0.481 e. The van der Waals surface area contributed by atoms with Crippen molar-refractivity contribution in [1.82, 2.24) is 5.32 Å². The Bertz CT molecular complexity index is 869. The SMILES string of the molecule is CCCNC(=O)c1cccc(NC(=O)c2cc(C)c(OCC(=O)O)c(C)c2)c1. The summed E-state index contributed by atoms with van der Waals surface area (Å²) in [6.45, 7) is 5.61. The fourth-order valence-corrected chi connectivity index (χ4v) is 2.72. The lowest BCUT2D eigenvalue weighted by atomic mass is 10.0. The smallest absolute Gasteiger partial charge is 0.341 e. The van der Waals surface area contributed by atoms with E-state index in [-0.39, 0.29) is 11.8 Å². The summed E-state index contributed by atoms with van der Waals surface area (Å²) < 4.78 is 5.28. The van der Waals surface area contributed by atoms with Gasteiger partial charge in [0.2, 0.25) is 0 Å². The summed E-state index contributed by atoms with van der Waals surface area (Å²) in [7, 11) is 0. The number of carbonyl (C=O) groups excluding carboxylic acids is 2. The van der Waals surface area contributed by atoms with Gasteiger partial charge in [-0.1, -0.05) is 13.0 Å². The van der Waals surface area contributed by atoms with Crippen LogP contribution in [0.25, 0.3) is 0 Å². The van der Waals surface area contributed by atoms with Crippen LogP contribution in [0.4, 0.5) is 5.69 Å². The van der Waals surface area contributed by atoms with E-state index >= 15 is 0 Å². The van der Waals surface area contributed by atoms with E-state index in [1.54, 1.807) is 50.2 Å². The minimum absolute atomic E-state index is 0.190. The molecule has 2 rings (SSSR count). The average molecular weight is 384 g/mol. The molecule has 2 aromatic rings. The molecule has 0 aliphatic rings. The van der Waals surface area contributed by atoms with Gasteiger partial charge in [-0.3, -0.25) is 9.59 Å². The van der Waals surface area contributed by atoms with Gasteiger partial charge in [0.25, 0.3) is 11.8 Å². The number of rotatable bonds is 8. The number of aliphatic carboxylic acids is 1. The van der Waals surface area contributed by atoms with E-state index in [4.69, 9.17) is 9.84 Å². The number of amides is 2. The Labute approximate surface area is 163 Å². The monoisotopic (exact) mass is 384 g/mol. The van der Waals surface area contributed by atoms with Crippen molar-refractivity contribution in [2.24, 2.45) is 0 Å². The lowest BCUT2D eigenvalue weighted by molar-refractivity contribution is -0.139. The molecule has 7 nitrogen and oxygen atoms in total. The number of carboxylic acids is 1. The zero-order chi connectivity index (χ0) is 20.7. The summed E-state index contributed by atoms with van der Waals surface area (Å²) in [5.41, 5.74) is 2.73. The Morgan fingerprint density at radius 3 is 2.29 bits per heavy atom. The van der Waals surface area contributed by atoms with Crippen LogP contribution in [-0.4, -0.2) is 36.0 Å². The molecule has 3 N–H and O–H groups in total. The number of hydrogen-bond acceptors (Lipinski definition) is 4. The maximum atomic E-state index is 12.6. The largest absolute Gasteiger partial charge is 0.481 e. The first-order valence-corrected chi connectivity index (χ1v) is 8.97. The van der Waals surface area contributed by atoms with Gasteiger partial charge < -0.3 is 20.5 Å². The summed E-state index contributed by atoms with van der Waals surface area (Å²) in [4.78, 5) is 35.4. The minimum atomic E-state index is -1.07. The molecule has 0 aliphatic heterocycles. The summed E-state index contributed by atoms with van der Waals surface area (Å²) in [5.74, 6) is -1.14. The highest BCUT2D eigenvalue weighted by atomic mass is 16.5. The van der Waals surface area contributed by atoms with Gasteiger partial charge in [-0.2, -0.15) is 0 Å². The molecular weight excluding hydrogens is 360 g/mol. The van der Waals surface area contributed by atoms with Gasteiger partial charge in [0.1, 0.15) is 5.75 Å². The van der Waals surface area contributed by atoms with Gasteiger partial charge in [0, 0.05) is 23.4 Å². The van der Waals surface area contributed by atoms with Crippen LogP contribution in [0.5, 0.6) is 5.75 Å². The van der Waals surface area contributed by atoms with E-state index in [1.165, 1.54) is 0 Å². The average Bonchev–Trinajstić information content (AvgIpc) is 2.65. The molecule has 0 aromatic heterocycles. The highest BCUT2D eigenvalue weighted by Crippen LogP contribution is 2.25. The van der Waals surface area contributed by atoms with Crippen molar-refractivity contribution in [3.63, 3.8) is 0 Å². The Morgan fingerprint density at radius 1 is 1.00 bits per heavy atom. The molecule has 0 aliphatic carbocycles. The Kier molecular flexibility index (Phi) is 7.14. The second kappa shape index (κ2) is 9.55. The van der Waals surface area contributed by atoms with Gasteiger partial charge in [0.15, 0.2) is 6.61 Å². The Morgan fingerprint density at radius 2 is 1.68 bits per heavy atom. The van der Waals surface area contributed by atoms with Crippen LogP contribution in [0.3, 0.4) is 0 Å². The molecule has 0 heterocycles. The highest BCUT2D eigenvalue weighted by molar-refractivity contribution is 6.05. The lowest BCUT2D eigenvalue weighted by Crippen LogP contribution is -2.24. The van der Waals surface area contributed by atoms with Gasteiger partial charge in [-0.05, 0) is 61.7 Å². The van der Waals surface area contributed by atoms with Gasteiger partial charge in [-0.25, -0.2) is 4.79 Å². The van der Waals surface area contributed by atoms with Crippen LogP contribution in [0.15, 0.2) is 36.4 Å². The topological polar surface area (TPSA) is 105 Å². The molecular formula is C21H24N2O5. The van der Waals surface area contributed by atoms with Crippen molar-refractivity contribution >= 4 is 23.5 Å². The fourth-order valence-electron chi connectivity index (χ4n) is 2.72. The maximum absolute atomic E-state index is 12.6. The number of carbonyl (C=O) groups is 3. The number of hydrogen-bond donors (Lipinski definition) is 3. The predicted molar refractivity (Wildman–Crippen MR) is 106 cm³/mol. The number of nitrogens with one attached hydrogen (secondary N) is 2. The van der Waals surface area contributed by atoms with E-state index in [9.17, 15) is 14.4 Å². The number of aryl methyl sites for hydroxylation is 2. The number of ether oxygens (including phenoxy) is 1. The molecule has 2 amide bonds. The standard InChI is InChI=1S/C21H24N2O5/c1-4-8-22-20(26)15-6-5-7-17(11-15)23-21(27)16-9-13(2)19(14(3)10-16)28-12-18(24)25/h5-7,9-11H,4,8,12H2,1-3H3,(H,22,26)(H,23,27)(H,24,25). The molecule has 148 valence electrons. The zero-order valence-electron chi connectivity index (χ0n) is 16.2. The quantitative estimate of drug-likeness (QED) is 0.648. The summed E-state index contributed by atoms with van der Waals surface area (Å²) in [6.07, 6.45) is 0.840. The van der Waals surface area contributed by atoms with Crippen LogP contribution in [0.2, 0.25) is 0 Å². The number of benzene rings is 2. The maximum Gasteiger partial charge on any atom is 0.341 e. The molecule has 2 aromatic carbocycles. The molecule has 0 unspecified atom stereocenters. The summed E-state index contributed by atoms with van der Waals surface area (Å²) >= 11 is 0. The van der Waals surface area contributed by atoms with Gasteiger partial charge in [0.05, 0.1) is 0 Å². The second-order valence-corrected chi connectivity index (χ2v) is 6.41. The normalized spacial score (nSPS) is 10.2. The summed E-state index contributed by atoms with van der Waals surface area (Å²) in [6, 6.07) is 9.99. The van der Waals surface area contributed by atoms with E-state index in [0.717, 1.165) is 6.42 Å². The third kappa shape index (κ3) is 5.57. The third-order valence-corrected chi connectivity index (χ3v) is 3.98. The first-order valence-electron chi connectivity index (χ1n) is 8.97. The van der Waals surface area contributed by atoms with Crippen molar-refractivity contribution < 1.29 is 24.2 Å². The molecule has 0 atom stereocenters. The Balaban J connectivity index is 2.15. The molecule has 0 spiro atoms. The van der Waals surface area contributed by atoms with Crippen molar-refractivity contribution in [3.8, 4) is 5.75 Å². The third-order valence-electron chi connectivity index (χ3n) is 3.98. The van der Waals surface area contributed by atoms with E-state index in [1.807, 2.05) is 6.92 Å². The first kappa shape index (κ1) is 21.0. The fraction of sp³-hybridized carbons (Fsp3) is 0.286. The molecule has 7 heteroatoms. The van der Waals surface area contributed by atoms with Crippen LogP contribution < -0.4 is 15.4 Å². The van der Waals surface area contributed by atoms with Crippen LogP contribution in [0, 0.1) is 13.8 Å². The predicted octanol–water partition coefficient (Wildman–Crippen LogP) is 3.16. The molecule has 0 saturated carbocycles. The van der Waals surface area contributed by atoms with Crippen LogP contribution >= 0.6 is 0 Å². The van der Waals surface area contributed by atoms with Crippen molar-refractivity contribution in [1.29, 1.82) is 0 Å². The first-order chi connectivity index (χ1) is 13.3. The molecule has 0 radical (unpaired) electrons. The van der Waals surface area contributed by atoms with Crippen LogP contribution in [0.1, 0.15) is 45.2 Å². The molecule has 28 heavy (non-hydrogen) atoms. The lowest BCUT2D eigenvalue weighted by Gasteiger charge is -2.13. The van der Waals surface area contributed by atoms with Crippen molar-refractivity contribution in [2.45, 2.75) is 27.2 Å². The summed E-state index contributed by atoms with van der Waals surface area (Å²) in [5, 5.41) is 14.3.